The molecule has 1 fully saturated rings. The molecule has 2 aliphatic rings. The maximum atomic E-state index is 13.3. The van der Waals surface area contributed by atoms with Crippen LogP contribution in [0.25, 0.3) is 0 Å². The molecular weight excluding hydrogens is 237 g/mol. The molecule has 92 valence electrons. The molecule has 1 saturated heterocycles. The van der Waals surface area contributed by atoms with Gasteiger partial charge >= 0.3 is 0 Å². The van der Waals surface area contributed by atoms with Crippen molar-refractivity contribution in [2.45, 2.75) is 37.9 Å². The van der Waals surface area contributed by atoms with E-state index in [1.807, 2.05) is 12.1 Å². The normalized spacial score (nSPS) is 33.0. The maximum absolute atomic E-state index is 13.3. The van der Waals surface area contributed by atoms with Crippen LogP contribution >= 0.6 is 11.6 Å². The van der Waals surface area contributed by atoms with Crippen molar-refractivity contribution >= 4 is 11.6 Å². The Morgan fingerprint density at radius 1 is 1.41 bits per heavy atom. The van der Waals surface area contributed by atoms with Gasteiger partial charge in [-0.1, -0.05) is 30.7 Å². The van der Waals surface area contributed by atoms with Gasteiger partial charge in [0.2, 0.25) is 0 Å². The molecular formula is C14H17ClFN. The van der Waals surface area contributed by atoms with Crippen LogP contribution in [0.5, 0.6) is 0 Å². The van der Waals surface area contributed by atoms with Gasteiger partial charge in [0.25, 0.3) is 0 Å². The van der Waals surface area contributed by atoms with Gasteiger partial charge in [-0.2, -0.15) is 0 Å². The van der Waals surface area contributed by atoms with E-state index in [2.05, 4.69) is 17.9 Å². The molecule has 1 aliphatic heterocycles. The van der Waals surface area contributed by atoms with Crippen molar-refractivity contribution in [1.29, 1.82) is 0 Å². The van der Waals surface area contributed by atoms with Crippen molar-refractivity contribution in [3.8, 4) is 0 Å². The topological polar surface area (TPSA) is 3.24 Å². The van der Waals surface area contributed by atoms with Crippen LogP contribution < -0.4 is 0 Å². The molecule has 3 heteroatoms. The van der Waals surface area contributed by atoms with Crippen LogP contribution in [0.15, 0.2) is 18.2 Å². The van der Waals surface area contributed by atoms with Gasteiger partial charge in [-0.3, -0.25) is 4.90 Å². The zero-order valence-corrected chi connectivity index (χ0v) is 10.8. The van der Waals surface area contributed by atoms with E-state index in [-0.39, 0.29) is 0 Å². The minimum atomic E-state index is -0.638. The number of fused-ring (bicyclic) bond motifs is 1. The fourth-order valence-electron chi connectivity index (χ4n) is 3.35. The highest BCUT2D eigenvalue weighted by molar-refractivity contribution is 6.31. The molecule has 0 N–H and O–H groups in total. The summed E-state index contributed by atoms with van der Waals surface area (Å²) in [6.45, 7) is 3.70. The molecule has 1 aromatic rings. The number of hydrogen-bond donors (Lipinski definition) is 0. The Hall–Kier alpha value is -0.600. The first kappa shape index (κ1) is 11.5. The summed E-state index contributed by atoms with van der Waals surface area (Å²) >= 11 is 6.27. The SMILES string of the molecule is C[C@@H]1c2c(Cl)cccc2C[C@H]1N1CC[C@H](F)C1. The number of likely N-dealkylation sites (tertiary alicyclic amines) is 1. The molecule has 0 spiro atoms. The molecule has 1 nitrogen and oxygen atoms in total. The van der Waals surface area contributed by atoms with E-state index in [4.69, 9.17) is 11.6 Å². The quantitative estimate of drug-likeness (QED) is 0.741. The number of benzene rings is 1. The first-order valence-corrected chi connectivity index (χ1v) is 6.70. The second-order valence-corrected chi connectivity index (χ2v) is 5.66. The highest BCUT2D eigenvalue weighted by atomic mass is 35.5. The van der Waals surface area contributed by atoms with E-state index < -0.39 is 6.17 Å². The van der Waals surface area contributed by atoms with Gasteiger partial charge in [-0.05, 0) is 36.0 Å². The lowest BCUT2D eigenvalue weighted by atomic mass is 10.00. The molecule has 0 unspecified atom stereocenters. The fourth-order valence-corrected chi connectivity index (χ4v) is 3.72. The van der Waals surface area contributed by atoms with Crippen molar-refractivity contribution in [3.05, 3.63) is 34.3 Å². The van der Waals surface area contributed by atoms with Gasteiger partial charge < -0.3 is 0 Å². The van der Waals surface area contributed by atoms with Crippen molar-refractivity contribution in [2.24, 2.45) is 0 Å². The van der Waals surface area contributed by atoms with E-state index in [0.29, 0.717) is 24.9 Å². The van der Waals surface area contributed by atoms with Crippen LogP contribution in [0, 0.1) is 0 Å². The highest BCUT2D eigenvalue weighted by Gasteiger charge is 2.37. The molecule has 0 aromatic heterocycles. The lowest BCUT2D eigenvalue weighted by Crippen LogP contribution is -2.36. The Balaban J connectivity index is 1.86. The molecule has 0 radical (unpaired) electrons. The van der Waals surface area contributed by atoms with Gasteiger partial charge in [0.1, 0.15) is 6.17 Å². The Morgan fingerprint density at radius 3 is 2.88 bits per heavy atom. The van der Waals surface area contributed by atoms with Gasteiger partial charge in [-0.15, -0.1) is 0 Å². The molecule has 3 rings (SSSR count). The number of rotatable bonds is 1. The summed E-state index contributed by atoms with van der Waals surface area (Å²) < 4.78 is 13.3. The largest absolute Gasteiger partial charge is 0.296 e. The van der Waals surface area contributed by atoms with Gasteiger partial charge in [-0.25, -0.2) is 4.39 Å². The zero-order chi connectivity index (χ0) is 12.0. The standard InChI is InChI=1S/C14H17ClFN/c1-9-13(17-6-5-11(16)8-17)7-10-3-2-4-12(15)14(9)10/h2-4,9,11,13H,5-8H2,1H3/t9-,11-,13+/m0/s1. The Labute approximate surface area is 107 Å². The molecule has 1 heterocycles. The number of hydrogen-bond acceptors (Lipinski definition) is 1. The van der Waals surface area contributed by atoms with Gasteiger partial charge in [0, 0.05) is 24.2 Å². The summed E-state index contributed by atoms with van der Waals surface area (Å²) in [4.78, 5) is 2.30. The first-order chi connectivity index (χ1) is 8.16. The zero-order valence-electron chi connectivity index (χ0n) is 10.00. The molecule has 0 saturated carbocycles. The van der Waals surface area contributed by atoms with Crippen molar-refractivity contribution < 1.29 is 4.39 Å². The summed E-state index contributed by atoms with van der Waals surface area (Å²) in [6.07, 6.45) is 1.07. The molecule has 1 aromatic carbocycles. The van der Waals surface area contributed by atoms with E-state index >= 15 is 0 Å². The van der Waals surface area contributed by atoms with E-state index in [1.165, 1.54) is 11.1 Å². The average molecular weight is 254 g/mol. The molecule has 1 aliphatic carbocycles. The minimum Gasteiger partial charge on any atom is -0.296 e. The van der Waals surface area contributed by atoms with Crippen LogP contribution in [0.2, 0.25) is 5.02 Å². The van der Waals surface area contributed by atoms with Crippen LogP contribution in [0.1, 0.15) is 30.4 Å². The van der Waals surface area contributed by atoms with Crippen LogP contribution in [0.3, 0.4) is 0 Å². The third-order valence-corrected chi connectivity index (χ3v) is 4.57. The van der Waals surface area contributed by atoms with Gasteiger partial charge in [0.05, 0.1) is 0 Å². The number of nitrogens with zero attached hydrogens (tertiary/aromatic N) is 1. The second-order valence-electron chi connectivity index (χ2n) is 5.25. The Kier molecular flexibility index (Phi) is 2.87. The van der Waals surface area contributed by atoms with E-state index in [1.54, 1.807) is 0 Å². The third-order valence-electron chi connectivity index (χ3n) is 4.24. The monoisotopic (exact) mass is 253 g/mol. The summed E-state index contributed by atoms with van der Waals surface area (Å²) in [5.41, 5.74) is 2.62. The van der Waals surface area contributed by atoms with Crippen LogP contribution in [-0.4, -0.2) is 30.2 Å². The summed E-state index contributed by atoms with van der Waals surface area (Å²) in [7, 11) is 0. The van der Waals surface area contributed by atoms with Crippen LogP contribution in [0.4, 0.5) is 4.39 Å². The summed E-state index contributed by atoms with van der Waals surface area (Å²) in [5, 5.41) is 0.869. The van der Waals surface area contributed by atoms with E-state index in [0.717, 1.165) is 18.0 Å². The molecule has 3 atom stereocenters. The molecule has 0 bridgehead atoms. The number of halogens is 2. The molecule has 0 amide bonds. The lowest BCUT2D eigenvalue weighted by Gasteiger charge is -2.27. The summed E-state index contributed by atoms with van der Waals surface area (Å²) in [5.74, 6) is 0.420. The third kappa shape index (κ3) is 1.88. The van der Waals surface area contributed by atoms with Crippen LogP contribution in [-0.2, 0) is 6.42 Å². The maximum Gasteiger partial charge on any atom is 0.114 e. The highest BCUT2D eigenvalue weighted by Crippen LogP contribution is 2.41. The molecule has 17 heavy (non-hydrogen) atoms. The predicted molar refractivity (Wildman–Crippen MR) is 68.4 cm³/mol. The van der Waals surface area contributed by atoms with Gasteiger partial charge in [0.15, 0.2) is 0 Å². The lowest BCUT2D eigenvalue weighted by molar-refractivity contribution is 0.207. The Morgan fingerprint density at radius 2 is 2.24 bits per heavy atom. The van der Waals surface area contributed by atoms with E-state index in [9.17, 15) is 4.39 Å². The van der Waals surface area contributed by atoms with Crippen molar-refractivity contribution in [2.75, 3.05) is 13.1 Å². The fraction of sp³-hybridized carbons (Fsp3) is 0.571. The number of alkyl halides is 1. The minimum absolute atomic E-state index is 0.420. The second kappa shape index (κ2) is 4.25. The van der Waals surface area contributed by atoms with Crippen molar-refractivity contribution in [3.63, 3.8) is 0 Å². The smallest absolute Gasteiger partial charge is 0.114 e. The van der Waals surface area contributed by atoms with Crippen molar-refractivity contribution in [1.82, 2.24) is 4.90 Å². The Bertz CT molecular complexity index is 434. The first-order valence-electron chi connectivity index (χ1n) is 6.32. The summed E-state index contributed by atoms with van der Waals surface area (Å²) in [6, 6.07) is 6.56. The predicted octanol–water partition coefficient (Wildman–Crippen LogP) is 3.41. The average Bonchev–Trinajstić information content (AvgIpc) is 2.84.